The van der Waals surface area contributed by atoms with Crippen LogP contribution >= 0.6 is 0 Å². The van der Waals surface area contributed by atoms with Crippen LogP contribution in [0.1, 0.15) is 185 Å². The fourth-order valence-corrected chi connectivity index (χ4v) is 9.25. The zero-order valence-electron chi connectivity index (χ0n) is 33.1. The summed E-state index contributed by atoms with van der Waals surface area (Å²) >= 11 is 0. The molecule has 0 aliphatic heterocycles. The summed E-state index contributed by atoms with van der Waals surface area (Å²) in [6.45, 7) is 29.3. The molecule has 2 fully saturated rings. The van der Waals surface area contributed by atoms with Gasteiger partial charge in [0.2, 0.25) is 0 Å². The van der Waals surface area contributed by atoms with Gasteiger partial charge in [0.05, 0.1) is 0 Å². The van der Waals surface area contributed by atoms with E-state index in [9.17, 15) is 0 Å². The Kier molecular flexibility index (Phi) is 20.0. The molecule has 1 spiro atoms. The molecule has 3 atom stereocenters. The van der Waals surface area contributed by atoms with Crippen molar-refractivity contribution in [2.45, 2.75) is 180 Å². The lowest BCUT2D eigenvalue weighted by Gasteiger charge is -2.27. The Hall–Kier alpha value is -2.34. The Morgan fingerprint density at radius 2 is 1.58 bits per heavy atom. The molecule has 0 heteroatoms. The Labute approximate surface area is 313 Å². The molecule has 0 bridgehead atoms. The highest BCUT2D eigenvalue weighted by Crippen LogP contribution is 2.53. The predicted octanol–water partition coefficient (Wildman–Crippen LogP) is 16.7. The number of allylic oxidation sites excluding steroid dienone is 10. The van der Waals surface area contributed by atoms with Crippen LogP contribution in [0.25, 0.3) is 5.57 Å². The van der Waals surface area contributed by atoms with Crippen LogP contribution in [0.4, 0.5) is 0 Å². The van der Waals surface area contributed by atoms with Crippen LogP contribution in [0.15, 0.2) is 89.6 Å². The minimum atomic E-state index is 0. The Morgan fingerprint density at radius 3 is 2.16 bits per heavy atom. The summed E-state index contributed by atoms with van der Waals surface area (Å²) in [5.41, 5.74) is 12.9. The normalized spacial score (nSPS) is 21.4. The van der Waals surface area contributed by atoms with Crippen LogP contribution in [0, 0.1) is 28.6 Å². The van der Waals surface area contributed by atoms with E-state index in [1.165, 1.54) is 98.5 Å². The maximum absolute atomic E-state index is 4.72. The van der Waals surface area contributed by atoms with E-state index in [-0.39, 0.29) is 20.3 Å². The van der Waals surface area contributed by atoms with E-state index in [2.05, 4.69) is 89.8 Å². The molecule has 4 aliphatic carbocycles. The lowest BCUT2D eigenvalue weighted by atomic mass is 9.78. The lowest BCUT2D eigenvalue weighted by Crippen LogP contribution is -2.14. The standard InChI is InChI=1S/C44H62.2C2H6.2CH4/c1-8-42(34(4)39-23-24-40(29-39)41-25-28-44(31-41)26-11-12-27-44)32(2)15-19-36(33(3)30-43(5,6)7)20-16-35-17-21-38(22-18-35)37-13-9-10-14-37;2*1-2;;/h9,13-14,17-18,21-22,31,36,39-40H,2-3,8,10-12,15-16,19-20,23-30H2,1,4-7H3;2*1-2H3;2*1H4/b42-34+;;;;. The second kappa shape index (κ2) is 21.9. The van der Waals surface area contributed by atoms with Gasteiger partial charge in [-0.1, -0.05) is 167 Å². The first-order valence-corrected chi connectivity index (χ1v) is 20.3. The van der Waals surface area contributed by atoms with Crippen LogP contribution in [0.3, 0.4) is 0 Å². The van der Waals surface area contributed by atoms with Gasteiger partial charge in [0.25, 0.3) is 0 Å². The van der Waals surface area contributed by atoms with Gasteiger partial charge in [-0.05, 0) is 148 Å². The van der Waals surface area contributed by atoms with Crippen LogP contribution < -0.4 is 0 Å². The molecule has 282 valence electrons. The Balaban J connectivity index is 0.00000201. The minimum Gasteiger partial charge on any atom is -0.0996 e. The van der Waals surface area contributed by atoms with Crippen molar-refractivity contribution >= 4 is 5.57 Å². The van der Waals surface area contributed by atoms with Crippen molar-refractivity contribution in [3.63, 3.8) is 0 Å². The predicted molar refractivity (Wildman–Crippen MR) is 230 cm³/mol. The molecule has 0 nitrogen and oxygen atoms in total. The molecule has 2 saturated carbocycles. The average molecular weight is 683 g/mol. The van der Waals surface area contributed by atoms with Gasteiger partial charge in [0.1, 0.15) is 0 Å². The van der Waals surface area contributed by atoms with Crippen LogP contribution in [0.2, 0.25) is 0 Å². The number of hydrogen-bond donors (Lipinski definition) is 0. The van der Waals surface area contributed by atoms with E-state index in [4.69, 9.17) is 6.58 Å². The van der Waals surface area contributed by atoms with Crippen molar-refractivity contribution in [3.05, 3.63) is 101 Å². The molecule has 5 rings (SSSR count). The zero-order chi connectivity index (χ0) is 35.3. The Morgan fingerprint density at radius 1 is 0.920 bits per heavy atom. The minimum absolute atomic E-state index is 0. The SMILES string of the molecule is C.C.C=C(CCC(CCc1ccc(C2=CCC=C2)cc1)C(=C)CC(C)(C)C)/C(CC)=C(\C)C1CCC(C2=CC3(CCCC3)CC2)C1.CC.CC. The zero-order valence-corrected chi connectivity index (χ0v) is 33.1. The van der Waals surface area contributed by atoms with Crippen molar-refractivity contribution in [2.24, 2.45) is 28.6 Å². The van der Waals surface area contributed by atoms with Crippen molar-refractivity contribution in [1.29, 1.82) is 0 Å². The van der Waals surface area contributed by atoms with Gasteiger partial charge >= 0.3 is 0 Å². The summed E-state index contributed by atoms with van der Waals surface area (Å²) < 4.78 is 0. The summed E-state index contributed by atoms with van der Waals surface area (Å²) in [5.74, 6) is 2.13. The summed E-state index contributed by atoms with van der Waals surface area (Å²) in [6.07, 6.45) is 30.2. The average Bonchev–Trinajstić information content (AvgIpc) is 3.92. The number of hydrogen-bond acceptors (Lipinski definition) is 0. The van der Waals surface area contributed by atoms with Crippen molar-refractivity contribution in [3.8, 4) is 0 Å². The number of rotatable bonds is 13. The van der Waals surface area contributed by atoms with Gasteiger partial charge in [-0.15, -0.1) is 0 Å². The molecule has 0 aromatic heterocycles. The number of benzene rings is 1. The molecule has 0 amide bonds. The third-order valence-electron chi connectivity index (χ3n) is 11.8. The molecule has 0 saturated heterocycles. The fraction of sp³-hybridized carbons (Fsp3) is 0.640. The van der Waals surface area contributed by atoms with Gasteiger partial charge in [-0.2, -0.15) is 0 Å². The summed E-state index contributed by atoms with van der Waals surface area (Å²) in [7, 11) is 0. The van der Waals surface area contributed by atoms with E-state index in [0.717, 1.165) is 43.9 Å². The molecule has 50 heavy (non-hydrogen) atoms. The molecule has 0 radical (unpaired) electrons. The molecule has 1 aromatic carbocycles. The summed E-state index contributed by atoms with van der Waals surface area (Å²) in [5, 5.41) is 0. The van der Waals surface area contributed by atoms with E-state index in [0.29, 0.717) is 11.3 Å². The van der Waals surface area contributed by atoms with Crippen LogP contribution in [-0.4, -0.2) is 0 Å². The van der Waals surface area contributed by atoms with Gasteiger partial charge in [-0.3, -0.25) is 0 Å². The summed E-state index contributed by atoms with van der Waals surface area (Å²) in [4.78, 5) is 0. The fourth-order valence-electron chi connectivity index (χ4n) is 9.25. The third kappa shape index (κ3) is 12.7. The van der Waals surface area contributed by atoms with Gasteiger partial charge in [-0.25, -0.2) is 0 Å². The van der Waals surface area contributed by atoms with Crippen molar-refractivity contribution in [1.82, 2.24) is 0 Å². The molecule has 3 unspecified atom stereocenters. The molecule has 0 N–H and O–H groups in total. The molecule has 1 aromatic rings. The van der Waals surface area contributed by atoms with Gasteiger partial charge in [0, 0.05) is 0 Å². The van der Waals surface area contributed by atoms with Crippen molar-refractivity contribution < 1.29 is 0 Å². The van der Waals surface area contributed by atoms with Gasteiger partial charge in [0.15, 0.2) is 0 Å². The van der Waals surface area contributed by atoms with E-state index >= 15 is 0 Å². The second-order valence-corrected chi connectivity index (χ2v) is 16.3. The Bertz CT molecular complexity index is 1290. The first kappa shape index (κ1) is 45.7. The number of aryl methyl sites for hydroxylation is 1. The molecular formula is C50H82. The third-order valence-corrected chi connectivity index (χ3v) is 11.8. The van der Waals surface area contributed by atoms with E-state index in [1.54, 1.807) is 11.1 Å². The van der Waals surface area contributed by atoms with Crippen LogP contribution in [-0.2, 0) is 6.42 Å². The van der Waals surface area contributed by atoms with E-state index in [1.807, 2.05) is 33.3 Å². The highest BCUT2D eigenvalue weighted by atomic mass is 14.4. The quantitative estimate of drug-likeness (QED) is 0.143. The molecule has 0 heterocycles. The summed E-state index contributed by atoms with van der Waals surface area (Å²) in [6, 6.07) is 9.30. The first-order valence-electron chi connectivity index (χ1n) is 20.3. The van der Waals surface area contributed by atoms with Crippen LogP contribution in [0.5, 0.6) is 0 Å². The lowest BCUT2D eigenvalue weighted by molar-refractivity contribution is 0.375. The van der Waals surface area contributed by atoms with Crippen molar-refractivity contribution in [2.75, 3.05) is 0 Å². The maximum Gasteiger partial charge on any atom is -0.0112 e. The van der Waals surface area contributed by atoms with Gasteiger partial charge < -0.3 is 0 Å². The topological polar surface area (TPSA) is 0 Å². The van der Waals surface area contributed by atoms with E-state index < -0.39 is 0 Å². The smallest absolute Gasteiger partial charge is 0.0112 e. The monoisotopic (exact) mass is 683 g/mol. The second-order valence-electron chi connectivity index (χ2n) is 16.3. The highest BCUT2D eigenvalue weighted by molar-refractivity contribution is 5.76. The molecular weight excluding hydrogens is 601 g/mol. The molecule has 4 aliphatic rings. The maximum atomic E-state index is 4.72. The highest BCUT2D eigenvalue weighted by Gasteiger charge is 2.39. The first-order chi connectivity index (χ1) is 23.1. The largest absolute Gasteiger partial charge is 0.0996 e.